The first-order valence-electron chi connectivity index (χ1n) is 10.3. The zero-order chi connectivity index (χ0) is 19.1. The van der Waals surface area contributed by atoms with Crippen LogP contribution in [0.5, 0.6) is 0 Å². The van der Waals surface area contributed by atoms with Crippen molar-refractivity contribution in [3.8, 4) is 11.4 Å². The summed E-state index contributed by atoms with van der Waals surface area (Å²) in [4.78, 5) is 6.66. The van der Waals surface area contributed by atoms with Crippen LogP contribution in [0.2, 0.25) is 0 Å². The molecule has 1 fully saturated rings. The summed E-state index contributed by atoms with van der Waals surface area (Å²) in [5.41, 5.74) is 8.24. The number of nitrogens with zero attached hydrogens (tertiary/aromatic N) is 3. The van der Waals surface area contributed by atoms with E-state index in [0.717, 1.165) is 31.4 Å². The van der Waals surface area contributed by atoms with Crippen molar-refractivity contribution in [2.24, 2.45) is 5.73 Å². The molecule has 5 heteroatoms. The van der Waals surface area contributed by atoms with Crippen LogP contribution in [-0.4, -0.2) is 21.6 Å². The number of likely N-dealkylation sites (tertiary alicyclic amines) is 1. The van der Waals surface area contributed by atoms with Crippen molar-refractivity contribution in [1.82, 2.24) is 15.0 Å². The van der Waals surface area contributed by atoms with Crippen LogP contribution in [0.3, 0.4) is 0 Å². The fraction of sp³-hybridized carbons (Fsp3) is 0.545. The molecule has 5 nitrogen and oxygen atoms in total. The van der Waals surface area contributed by atoms with Crippen LogP contribution in [-0.2, 0) is 6.42 Å². The van der Waals surface area contributed by atoms with E-state index in [0.29, 0.717) is 17.5 Å². The summed E-state index contributed by atoms with van der Waals surface area (Å²) in [6.07, 6.45) is 11.1. The standard InChI is InChI=1S/C22H32N4O/c1-3-4-5-6-7-8-10-18-12-14-19(15-13-18)21-24-22(27-25-21)20-11-9-16-26(20)17(2)23/h12-15,20H,2-11,16,23H2,1H3/t20-/m0/s1. The molecule has 1 atom stereocenters. The Labute approximate surface area is 162 Å². The smallest absolute Gasteiger partial charge is 0.249 e. The number of nitrogens with two attached hydrogens (primary N) is 1. The number of benzene rings is 1. The van der Waals surface area contributed by atoms with Gasteiger partial charge in [0.25, 0.3) is 0 Å². The first kappa shape index (κ1) is 19.5. The summed E-state index contributed by atoms with van der Waals surface area (Å²) in [5.74, 6) is 1.84. The highest BCUT2D eigenvalue weighted by atomic mass is 16.5. The number of aromatic nitrogens is 2. The molecule has 1 aromatic heterocycles. The van der Waals surface area contributed by atoms with E-state index in [-0.39, 0.29) is 6.04 Å². The van der Waals surface area contributed by atoms with Gasteiger partial charge >= 0.3 is 0 Å². The molecule has 0 radical (unpaired) electrons. The highest BCUT2D eigenvalue weighted by Gasteiger charge is 2.30. The molecule has 1 saturated heterocycles. The zero-order valence-corrected chi connectivity index (χ0v) is 16.5. The summed E-state index contributed by atoms with van der Waals surface area (Å²) < 4.78 is 5.53. The maximum Gasteiger partial charge on any atom is 0.249 e. The van der Waals surface area contributed by atoms with Gasteiger partial charge in [-0.25, -0.2) is 0 Å². The lowest BCUT2D eigenvalue weighted by atomic mass is 10.0. The van der Waals surface area contributed by atoms with Gasteiger partial charge in [-0.15, -0.1) is 0 Å². The minimum atomic E-state index is 0.0516. The van der Waals surface area contributed by atoms with Crippen LogP contribution in [0.15, 0.2) is 41.2 Å². The lowest BCUT2D eigenvalue weighted by Crippen LogP contribution is -2.26. The molecule has 0 aliphatic carbocycles. The van der Waals surface area contributed by atoms with E-state index in [9.17, 15) is 0 Å². The predicted molar refractivity (Wildman–Crippen MR) is 109 cm³/mol. The molecule has 0 saturated carbocycles. The first-order valence-corrected chi connectivity index (χ1v) is 10.3. The van der Waals surface area contributed by atoms with E-state index in [4.69, 9.17) is 10.3 Å². The fourth-order valence-electron chi connectivity index (χ4n) is 3.78. The van der Waals surface area contributed by atoms with Crippen LogP contribution >= 0.6 is 0 Å². The Morgan fingerprint density at radius 3 is 2.67 bits per heavy atom. The van der Waals surface area contributed by atoms with Crippen LogP contribution in [0, 0.1) is 0 Å². The predicted octanol–water partition coefficient (Wildman–Crippen LogP) is 5.21. The molecule has 146 valence electrons. The molecule has 1 aromatic carbocycles. The normalized spacial score (nSPS) is 16.8. The Morgan fingerprint density at radius 2 is 1.93 bits per heavy atom. The fourth-order valence-corrected chi connectivity index (χ4v) is 3.78. The van der Waals surface area contributed by atoms with E-state index >= 15 is 0 Å². The lowest BCUT2D eigenvalue weighted by Gasteiger charge is -2.22. The summed E-state index contributed by atoms with van der Waals surface area (Å²) in [6, 6.07) is 8.60. The number of rotatable bonds is 10. The van der Waals surface area contributed by atoms with Crippen molar-refractivity contribution in [3.63, 3.8) is 0 Å². The summed E-state index contributed by atoms with van der Waals surface area (Å²) in [7, 11) is 0. The Morgan fingerprint density at radius 1 is 1.19 bits per heavy atom. The van der Waals surface area contributed by atoms with Crippen molar-refractivity contribution in [1.29, 1.82) is 0 Å². The minimum Gasteiger partial charge on any atom is -0.386 e. The summed E-state index contributed by atoms with van der Waals surface area (Å²) in [6.45, 7) is 7.00. The van der Waals surface area contributed by atoms with Crippen molar-refractivity contribution in [2.45, 2.75) is 70.8 Å². The van der Waals surface area contributed by atoms with Crippen molar-refractivity contribution < 1.29 is 4.52 Å². The lowest BCUT2D eigenvalue weighted by molar-refractivity contribution is 0.250. The average molecular weight is 369 g/mol. The Hall–Kier alpha value is -2.30. The monoisotopic (exact) mass is 368 g/mol. The van der Waals surface area contributed by atoms with Crippen molar-refractivity contribution in [3.05, 3.63) is 48.1 Å². The van der Waals surface area contributed by atoms with Gasteiger partial charge in [0, 0.05) is 12.1 Å². The minimum absolute atomic E-state index is 0.0516. The highest BCUT2D eigenvalue weighted by molar-refractivity contribution is 5.54. The summed E-state index contributed by atoms with van der Waals surface area (Å²) >= 11 is 0. The van der Waals surface area contributed by atoms with Crippen molar-refractivity contribution in [2.75, 3.05) is 6.54 Å². The van der Waals surface area contributed by atoms with Gasteiger partial charge in [0.2, 0.25) is 11.7 Å². The van der Waals surface area contributed by atoms with Gasteiger partial charge in [-0.05, 0) is 31.2 Å². The molecule has 0 unspecified atom stereocenters. The second-order valence-electron chi connectivity index (χ2n) is 7.51. The molecule has 27 heavy (non-hydrogen) atoms. The van der Waals surface area contributed by atoms with E-state index < -0.39 is 0 Å². The van der Waals surface area contributed by atoms with Crippen LogP contribution in [0.4, 0.5) is 0 Å². The molecule has 2 aromatic rings. The second-order valence-corrected chi connectivity index (χ2v) is 7.51. The van der Waals surface area contributed by atoms with Gasteiger partial charge in [0.15, 0.2) is 0 Å². The number of aryl methyl sites for hydroxylation is 1. The van der Waals surface area contributed by atoms with E-state index in [1.54, 1.807) is 0 Å². The molecular weight excluding hydrogens is 336 g/mol. The van der Waals surface area contributed by atoms with Gasteiger partial charge in [0.1, 0.15) is 6.04 Å². The molecular formula is C22H32N4O. The SMILES string of the molecule is C=C(N)N1CCC[C@H]1c1nc(-c2ccc(CCCCCCCC)cc2)no1. The molecule has 2 heterocycles. The van der Waals surface area contributed by atoms with Gasteiger partial charge in [0.05, 0.1) is 5.82 Å². The third kappa shape index (κ3) is 5.12. The van der Waals surface area contributed by atoms with Gasteiger partial charge in [-0.1, -0.05) is 75.0 Å². The van der Waals surface area contributed by atoms with Crippen LogP contribution in [0.1, 0.15) is 75.8 Å². The van der Waals surface area contributed by atoms with Crippen LogP contribution < -0.4 is 5.73 Å². The quantitative estimate of drug-likeness (QED) is 0.583. The topological polar surface area (TPSA) is 68.2 Å². The van der Waals surface area contributed by atoms with E-state index in [2.05, 4.69) is 47.9 Å². The maximum absolute atomic E-state index is 5.88. The van der Waals surface area contributed by atoms with Gasteiger partial charge in [-0.2, -0.15) is 4.98 Å². The zero-order valence-electron chi connectivity index (χ0n) is 16.5. The molecule has 1 aliphatic rings. The molecule has 0 amide bonds. The Kier molecular flexibility index (Phi) is 6.91. The number of hydrogen-bond donors (Lipinski definition) is 1. The first-order chi connectivity index (χ1) is 13.2. The van der Waals surface area contributed by atoms with E-state index in [1.165, 1.54) is 44.1 Å². The molecule has 0 spiro atoms. The molecule has 2 N–H and O–H groups in total. The second kappa shape index (κ2) is 9.58. The average Bonchev–Trinajstić information content (AvgIpc) is 3.34. The number of unbranched alkanes of at least 4 members (excludes halogenated alkanes) is 5. The Bertz CT molecular complexity index is 722. The molecule has 1 aliphatic heterocycles. The van der Waals surface area contributed by atoms with Crippen LogP contribution in [0.25, 0.3) is 11.4 Å². The summed E-state index contributed by atoms with van der Waals surface area (Å²) in [5, 5.41) is 4.18. The largest absolute Gasteiger partial charge is 0.386 e. The van der Waals surface area contributed by atoms with Gasteiger partial charge in [-0.3, -0.25) is 0 Å². The highest BCUT2D eigenvalue weighted by Crippen LogP contribution is 2.33. The Balaban J connectivity index is 1.55. The van der Waals surface area contributed by atoms with Crippen molar-refractivity contribution >= 4 is 0 Å². The van der Waals surface area contributed by atoms with Gasteiger partial charge < -0.3 is 15.2 Å². The van der Waals surface area contributed by atoms with E-state index in [1.807, 2.05) is 4.90 Å². The third-order valence-corrected chi connectivity index (χ3v) is 5.38. The number of hydrogen-bond acceptors (Lipinski definition) is 5. The maximum atomic E-state index is 5.88. The molecule has 3 rings (SSSR count). The third-order valence-electron chi connectivity index (χ3n) is 5.38. The molecule has 0 bridgehead atoms.